The van der Waals surface area contributed by atoms with Crippen molar-refractivity contribution in [2.45, 2.75) is 6.92 Å². The number of pyridine rings is 2. The molecule has 0 bridgehead atoms. The Bertz CT molecular complexity index is 1520. The Labute approximate surface area is 178 Å². The van der Waals surface area contributed by atoms with E-state index in [4.69, 9.17) is 0 Å². The van der Waals surface area contributed by atoms with Crippen molar-refractivity contribution in [1.82, 2.24) is 34.9 Å². The summed E-state index contributed by atoms with van der Waals surface area (Å²) in [4.78, 5) is 12.4. The molecular weight excluding hydrogens is 386 g/mol. The zero-order chi connectivity index (χ0) is 21.4. The van der Waals surface area contributed by atoms with Crippen molar-refractivity contribution in [2.24, 2.45) is 7.05 Å². The Kier molecular flexibility index (Phi) is 4.55. The molecule has 0 saturated carbocycles. The number of fused-ring (bicyclic) bond motifs is 1. The fourth-order valence-corrected chi connectivity index (χ4v) is 3.56. The molecule has 0 fully saturated rings. The third-order valence-corrected chi connectivity index (χ3v) is 5.27. The van der Waals surface area contributed by atoms with Crippen LogP contribution in [0.5, 0.6) is 0 Å². The lowest BCUT2D eigenvalue weighted by atomic mass is 10.1. The normalized spacial score (nSPS) is 12.7. The molecule has 0 aliphatic heterocycles. The first-order valence-corrected chi connectivity index (χ1v) is 9.90. The number of hydrogen-bond acceptors (Lipinski definition) is 4. The van der Waals surface area contributed by atoms with E-state index in [1.165, 1.54) is 0 Å². The van der Waals surface area contributed by atoms with Gasteiger partial charge in [0.1, 0.15) is 5.69 Å². The van der Waals surface area contributed by atoms with E-state index in [2.05, 4.69) is 49.8 Å². The minimum Gasteiger partial charge on any atom is -0.353 e. The summed E-state index contributed by atoms with van der Waals surface area (Å²) in [7, 11) is 1.91. The number of aromatic amines is 2. The number of H-pyrrole nitrogens is 2. The Balaban J connectivity index is 1.55. The summed E-state index contributed by atoms with van der Waals surface area (Å²) in [6.45, 7) is 6.30. The predicted octanol–water partition coefficient (Wildman–Crippen LogP) is 3.04. The Morgan fingerprint density at radius 1 is 1.13 bits per heavy atom. The van der Waals surface area contributed by atoms with Crippen molar-refractivity contribution in [3.05, 3.63) is 77.3 Å². The highest BCUT2D eigenvalue weighted by atomic mass is 15.2. The van der Waals surface area contributed by atoms with Gasteiger partial charge in [-0.1, -0.05) is 18.7 Å². The van der Waals surface area contributed by atoms with Crippen LogP contribution in [-0.4, -0.2) is 34.9 Å². The zero-order valence-corrected chi connectivity index (χ0v) is 17.3. The van der Waals surface area contributed by atoms with Crippen molar-refractivity contribution >= 4 is 29.1 Å². The van der Waals surface area contributed by atoms with Crippen molar-refractivity contribution in [3.8, 4) is 22.8 Å². The number of rotatable bonds is 4. The smallest absolute Gasteiger partial charge is 0.116 e. The highest BCUT2D eigenvalue weighted by Gasteiger charge is 2.12. The average molecular weight is 407 g/mol. The second-order valence-corrected chi connectivity index (χ2v) is 7.40. The first kappa shape index (κ1) is 18.7. The molecule has 7 nitrogen and oxygen atoms in total. The SMILES string of the molecule is C=c1c(-c2cc3c(-c4ccccn4)nccc3[nH]2)n[nH]/c1=C/C=C(\C)c1cnn(C)c1. The van der Waals surface area contributed by atoms with E-state index in [9.17, 15) is 0 Å². The lowest BCUT2D eigenvalue weighted by Crippen LogP contribution is -2.21. The van der Waals surface area contributed by atoms with E-state index < -0.39 is 0 Å². The van der Waals surface area contributed by atoms with Crippen LogP contribution in [0.25, 0.3) is 51.9 Å². The molecule has 0 radical (unpaired) electrons. The van der Waals surface area contributed by atoms with Crippen LogP contribution in [0, 0.1) is 0 Å². The second-order valence-electron chi connectivity index (χ2n) is 7.40. The van der Waals surface area contributed by atoms with E-state index in [1.54, 1.807) is 17.1 Å². The summed E-state index contributed by atoms with van der Waals surface area (Å²) >= 11 is 0. The third kappa shape index (κ3) is 3.46. The molecule has 5 aromatic rings. The second kappa shape index (κ2) is 7.53. The number of allylic oxidation sites excluding steroid dienone is 2. The lowest BCUT2D eigenvalue weighted by Gasteiger charge is -2.00. The molecule has 2 N–H and O–H groups in total. The molecule has 0 aliphatic carbocycles. The van der Waals surface area contributed by atoms with Crippen molar-refractivity contribution in [2.75, 3.05) is 0 Å². The van der Waals surface area contributed by atoms with Crippen LogP contribution < -0.4 is 10.6 Å². The fourth-order valence-electron chi connectivity index (χ4n) is 3.56. The molecule has 0 aliphatic rings. The monoisotopic (exact) mass is 407 g/mol. The molecule has 0 unspecified atom stereocenters. The van der Waals surface area contributed by atoms with Gasteiger partial charge in [-0.15, -0.1) is 0 Å². The van der Waals surface area contributed by atoms with Gasteiger partial charge in [0, 0.05) is 47.3 Å². The van der Waals surface area contributed by atoms with Crippen LogP contribution in [0.2, 0.25) is 0 Å². The van der Waals surface area contributed by atoms with Crippen LogP contribution >= 0.6 is 0 Å². The molecule has 31 heavy (non-hydrogen) atoms. The van der Waals surface area contributed by atoms with Crippen molar-refractivity contribution in [1.29, 1.82) is 0 Å². The minimum absolute atomic E-state index is 0.779. The van der Waals surface area contributed by atoms with E-state index >= 15 is 0 Å². The fraction of sp³-hybridized carbons (Fsp3) is 0.0833. The zero-order valence-electron chi connectivity index (χ0n) is 17.3. The van der Waals surface area contributed by atoms with Gasteiger partial charge in [-0.25, -0.2) is 0 Å². The summed E-state index contributed by atoms with van der Waals surface area (Å²) < 4.78 is 1.79. The van der Waals surface area contributed by atoms with Gasteiger partial charge >= 0.3 is 0 Å². The molecule has 0 atom stereocenters. The molecule has 0 aromatic carbocycles. The summed E-state index contributed by atoms with van der Waals surface area (Å²) in [6, 6.07) is 9.82. The topological polar surface area (TPSA) is 88.1 Å². The van der Waals surface area contributed by atoms with Crippen LogP contribution in [0.4, 0.5) is 0 Å². The molecular formula is C24H21N7. The highest BCUT2D eigenvalue weighted by Crippen LogP contribution is 2.28. The van der Waals surface area contributed by atoms with Crippen LogP contribution in [0.3, 0.4) is 0 Å². The van der Waals surface area contributed by atoms with Gasteiger partial charge in [0.25, 0.3) is 0 Å². The molecule has 5 rings (SSSR count). The van der Waals surface area contributed by atoms with Crippen LogP contribution in [-0.2, 0) is 7.05 Å². The van der Waals surface area contributed by atoms with Gasteiger partial charge in [0.2, 0.25) is 0 Å². The Morgan fingerprint density at radius 3 is 2.81 bits per heavy atom. The van der Waals surface area contributed by atoms with Gasteiger partial charge < -0.3 is 4.98 Å². The molecule has 7 heteroatoms. The number of aromatic nitrogens is 7. The van der Waals surface area contributed by atoms with Gasteiger partial charge in [0.05, 0.1) is 28.6 Å². The first-order chi connectivity index (χ1) is 15.1. The molecule has 0 spiro atoms. The van der Waals surface area contributed by atoms with E-state index in [0.29, 0.717) is 0 Å². The lowest BCUT2D eigenvalue weighted by molar-refractivity contribution is 0.767. The maximum atomic E-state index is 4.54. The molecule has 5 aromatic heterocycles. The molecule has 152 valence electrons. The third-order valence-electron chi connectivity index (χ3n) is 5.27. The van der Waals surface area contributed by atoms with E-state index in [-0.39, 0.29) is 0 Å². The highest BCUT2D eigenvalue weighted by molar-refractivity contribution is 5.95. The number of nitrogens with one attached hydrogen (secondary N) is 2. The molecule has 0 amide bonds. The van der Waals surface area contributed by atoms with Gasteiger partial charge in [-0.3, -0.25) is 19.7 Å². The minimum atomic E-state index is 0.779. The van der Waals surface area contributed by atoms with Gasteiger partial charge in [-0.05, 0) is 42.8 Å². The summed E-state index contributed by atoms with van der Waals surface area (Å²) in [5, 5.41) is 14.5. The first-order valence-electron chi connectivity index (χ1n) is 9.90. The number of hydrogen-bond donors (Lipinski definition) is 2. The average Bonchev–Trinajstić information content (AvgIpc) is 3.50. The quantitative estimate of drug-likeness (QED) is 0.479. The predicted molar refractivity (Wildman–Crippen MR) is 123 cm³/mol. The van der Waals surface area contributed by atoms with Gasteiger partial charge in [-0.2, -0.15) is 10.2 Å². The van der Waals surface area contributed by atoms with Crippen LogP contribution in [0.1, 0.15) is 12.5 Å². The largest absolute Gasteiger partial charge is 0.353 e. The standard InChI is InChI=1S/C24H21N7/c1-15(17-13-27-31(3)14-17)7-8-19-16(2)23(30-29-19)22-12-18-20(28-22)9-11-26-24(18)21-6-4-5-10-25-21/h4-14,28-29H,2H2,1,3H3/b15-7+,19-8+. The van der Waals surface area contributed by atoms with Crippen LogP contribution in [0.15, 0.2) is 61.2 Å². The molecule has 5 heterocycles. The van der Waals surface area contributed by atoms with Crippen molar-refractivity contribution < 1.29 is 0 Å². The Morgan fingerprint density at radius 2 is 2.03 bits per heavy atom. The van der Waals surface area contributed by atoms with E-state index in [1.807, 2.05) is 55.9 Å². The summed E-state index contributed by atoms with van der Waals surface area (Å²) in [6.07, 6.45) is 11.4. The summed E-state index contributed by atoms with van der Waals surface area (Å²) in [5.74, 6) is 0. The maximum Gasteiger partial charge on any atom is 0.116 e. The number of nitrogens with zero attached hydrogens (tertiary/aromatic N) is 5. The summed E-state index contributed by atoms with van der Waals surface area (Å²) in [5.41, 5.74) is 6.50. The van der Waals surface area contributed by atoms with Crippen molar-refractivity contribution in [3.63, 3.8) is 0 Å². The number of aryl methyl sites for hydroxylation is 1. The van der Waals surface area contributed by atoms with E-state index in [0.717, 1.165) is 55.4 Å². The maximum absolute atomic E-state index is 4.54. The molecule has 0 saturated heterocycles. The van der Waals surface area contributed by atoms with Gasteiger partial charge in [0.15, 0.2) is 0 Å². The Hall–Kier alpha value is -4.26.